The van der Waals surface area contributed by atoms with Crippen LogP contribution in [0.4, 0.5) is 0 Å². The summed E-state index contributed by atoms with van der Waals surface area (Å²) in [5, 5.41) is 0. The molecule has 0 heterocycles. The minimum Gasteiger partial charge on any atom is -0.369 e. The number of hydrogen-bond acceptors (Lipinski definition) is 2. The Labute approximate surface area is 80.6 Å². The number of amides is 1. The zero-order valence-electron chi connectivity index (χ0n) is 6.35. The highest BCUT2D eigenvalue weighted by Gasteiger charge is 2.23. The SMILES string of the molecule is NC(=O)C1CCC(NI)CC1. The first-order valence-corrected chi connectivity index (χ1v) is 4.97. The number of carbonyl (C=O) groups is 1. The summed E-state index contributed by atoms with van der Waals surface area (Å²) in [6.07, 6.45) is 4.07. The Balaban J connectivity index is 2.30. The fourth-order valence-electron chi connectivity index (χ4n) is 1.49. The van der Waals surface area contributed by atoms with Crippen molar-refractivity contribution in [3.05, 3.63) is 0 Å². The van der Waals surface area contributed by atoms with Crippen LogP contribution in [0.1, 0.15) is 25.7 Å². The summed E-state index contributed by atoms with van der Waals surface area (Å²) in [5.74, 6) is 0.00732. The van der Waals surface area contributed by atoms with Crippen LogP contribution in [0.3, 0.4) is 0 Å². The van der Waals surface area contributed by atoms with E-state index in [1.54, 1.807) is 0 Å². The molecule has 0 aromatic rings. The van der Waals surface area contributed by atoms with Crippen molar-refractivity contribution in [3.8, 4) is 0 Å². The van der Waals surface area contributed by atoms with E-state index in [9.17, 15) is 4.79 Å². The van der Waals surface area contributed by atoms with E-state index in [0.717, 1.165) is 25.7 Å². The van der Waals surface area contributed by atoms with E-state index in [1.165, 1.54) is 0 Å². The second-order valence-corrected chi connectivity index (χ2v) is 3.68. The van der Waals surface area contributed by atoms with Gasteiger partial charge in [0.25, 0.3) is 0 Å². The molecule has 0 spiro atoms. The van der Waals surface area contributed by atoms with Gasteiger partial charge in [-0.2, -0.15) is 0 Å². The van der Waals surface area contributed by atoms with E-state index in [4.69, 9.17) is 5.73 Å². The van der Waals surface area contributed by atoms with E-state index in [-0.39, 0.29) is 11.8 Å². The van der Waals surface area contributed by atoms with E-state index in [1.807, 2.05) is 0 Å². The van der Waals surface area contributed by atoms with Crippen LogP contribution in [-0.2, 0) is 4.79 Å². The Hall–Kier alpha value is 0.160. The van der Waals surface area contributed by atoms with Gasteiger partial charge < -0.3 is 5.73 Å². The molecule has 1 saturated carbocycles. The Bertz CT molecular complexity index is 143. The summed E-state index contributed by atoms with van der Waals surface area (Å²) < 4.78 is 3.18. The number of nitrogens with one attached hydrogen (secondary N) is 1. The molecule has 0 radical (unpaired) electrons. The minimum atomic E-state index is -0.128. The maximum Gasteiger partial charge on any atom is 0.220 e. The predicted molar refractivity (Wildman–Crippen MR) is 52.1 cm³/mol. The molecule has 4 heteroatoms. The third-order valence-electron chi connectivity index (χ3n) is 2.28. The number of primary amides is 1. The molecular weight excluding hydrogens is 255 g/mol. The van der Waals surface area contributed by atoms with Crippen LogP contribution in [0.2, 0.25) is 0 Å². The fraction of sp³-hybridized carbons (Fsp3) is 0.857. The summed E-state index contributed by atoms with van der Waals surface area (Å²) in [4.78, 5) is 10.7. The van der Waals surface area contributed by atoms with Gasteiger partial charge in [-0.3, -0.25) is 8.32 Å². The second-order valence-electron chi connectivity index (χ2n) is 3.06. The van der Waals surface area contributed by atoms with Gasteiger partial charge in [0.05, 0.1) is 0 Å². The molecular formula is C7H13IN2O. The summed E-state index contributed by atoms with van der Waals surface area (Å²) in [5.41, 5.74) is 5.19. The molecule has 0 aliphatic heterocycles. The van der Waals surface area contributed by atoms with Crippen LogP contribution in [0.5, 0.6) is 0 Å². The lowest BCUT2D eigenvalue weighted by atomic mass is 9.86. The van der Waals surface area contributed by atoms with Gasteiger partial charge in [-0.25, -0.2) is 0 Å². The smallest absolute Gasteiger partial charge is 0.220 e. The lowest BCUT2D eigenvalue weighted by Crippen LogP contribution is -2.32. The molecule has 1 rings (SSSR count). The number of halogens is 1. The monoisotopic (exact) mass is 268 g/mol. The molecule has 0 aromatic heterocycles. The predicted octanol–water partition coefficient (Wildman–Crippen LogP) is 0.970. The first-order valence-electron chi connectivity index (χ1n) is 3.89. The molecule has 0 aromatic carbocycles. The van der Waals surface area contributed by atoms with Crippen LogP contribution < -0.4 is 9.26 Å². The molecule has 1 amide bonds. The number of hydrogen-bond donors (Lipinski definition) is 2. The van der Waals surface area contributed by atoms with E-state index >= 15 is 0 Å². The number of nitrogens with two attached hydrogens (primary N) is 1. The van der Waals surface area contributed by atoms with Gasteiger partial charge in [-0.05, 0) is 25.7 Å². The highest BCUT2D eigenvalue weighted by Crippen LogP contribution is 2.24. The summed E-state index contributed by atoms with van der Waals surface area (Å²) in [6, 6.07) is 0.589. The Morgan fingerprint density at radius 1 is 1.36 bits per heavy atom. The van der Waals surface area contributed by atoms with Crippen molar-refractivity contribution >= 4 is 28.8 Å². The molecule has 11 heavy (non-hydrogen) atoms. The fourth-order valence-corrected chi connectivity index (χ4v) is 2.11. The molecule has 1 aliphatic rings. The highest BCUT2D eigenvalue weighted by atomic mass is 127. The van der Waals surface area contributed by atoms with Crippen molar-refractivity contribution in [2.75, 3.05) is 0 Å². The maximum atomic E-state index is 10.7. The topological polar surface area (TPSA) is 55.1 Å². The van der Waals surface area contributed by atoms with Gasteiger partial charge in [0, 0.05) is 34.8 Å². The normalized spacial score (nSPS) is 31.7. The van der Waals surface area contributed by atoms with E-state index in [2.05, 4.69) is 26.4 Å². The summed E-state index contributed by atoms with van der Waals surface area (Å²) in [6.45, 7) is 0. The average molecular weight is 268 g/mol. The van der Waals surface area contributed by atoms with Gasteiger partial charge in [0.15, 0.2) is 0 Å². The average Bonchev–Trinajstić information content (AvgIpc) is 2.05. The zero-order chi connectivity index (χ0) is 8.27. The third kappa shape index (κ3) is 2.59. The molecule has 0 unspecified atom stereocenters. The molecule has 64 valence electrons. The largest absolute Gasteiger partial charge is 0.369 e. The summed E-state index contributed by atoms with van der Waals surface area (Å²) >= 11 is 2.16. The first-order chi connectivity index (χ1) is 5.24. The van der Waals surface area contributed by atoms with E-state index < -0.39 is 0 Å². The van der Waals surface area contributed by atoms with Crippen LogP contribution >= 0.6 is 22.9 Å². The van der Waals surface area contributed by atoms with Crippen LogP contribution in [-0.4, -0.2) is 11.9 Å². The van der Waals surface area contributed by atoms with Crippen molar-refractivity contribution in [1.82, 2.24) is 3.53 Å². The molecule has 1 fully saturated rings. The Morgan fingerprint density at radius 3 is 2.27 bits per heavy atom. The van der Waals surface area contributed by atoms with Crippen molar-refractivity contribution < 1.29 is 4.79 Å². The number of carbonyl (C=O) groups excluding carboxylic acids is 1. The van der Waals surface area contributed by atoms with Gasteiger partial charge >= 0.3 is 0 Å². The molecule has 0 bridgehead atoms. The summed E-state index contributed by atoms with van der Waals surface area (Å²) in [7, 11) is 0. The zero-order valence-corrected chi connectivity index (χ0v) is 8.50. The first kappa shape index (κ1) is 9.25. The van der Waals surface area contributed by atoms with E-state index in [0.29, 0.717) is 6.04 Å². The van der Waals surface area contributed by atoms with Gasteiger partial charge in [-0.15, -0.1) is 0 Å². The second kappa shape index (κ2) is 4.25. The van der Waals surface area contributed by atoms with Crippen molar-refractivity contribution in [1.29, 1.82) is 0 Å². The molecule has 3 nitrogen and oxygen atoms in total. The van der Waals surface area contributed by atoms with Gasteiger partial charge in [0.1, 0.15) is 0 Å². The third-order valence-corrected chi connectivity index (χ3v) is 3.16. The molecule has 0 saturated heterocycles. The highest BCUT2D eigenvalue weighted by molar-refractivity contribution is 14.1. The molecule has 0 atom stereocenters. The Kier molecular flexibility index (Phi) is 3.58. The lowest BCUT2D eigenvalue weighted by molar-refractivity contribution is -0.122. The standard InChI is InChI=1S/C7H13IN2O/c8-10-6-3-1-5(2-4-6)7(9)11/h5-6,10H,1-4H2,(H2,9,11). The maximum absolute atomic E-state index is 10.7. The van der Waals surface area contributed by atoms with Crippen LogP contribution in [0.25, 0.3) is 0 Å². The van der Waals surface area contributed by atoms with Crippen molar-refractivity contribution in [2.24, 2.45) is 11.7 Å². The van der Waals surface area contributed by atoms with Crippen LogP contribution in [0, 0.1) is 5.92 Å². The molecule has 3 N–H and O–H groups in total. The van der Waals surface area contributed by atoms with Gasteiger partial charge in [0.2, 0.25) is 5.91 Å². The Morgan fingerprint density at radius 2 is 1.91 bits per heavy atom. The van der Waals surface area contributed by atoms with Crippen LogP contribution in [0.15, 0.2) is 0 Å². The van der Waals surface area contributed by atoms with Gasteiger partial charge in [-0.1, -0.05) is 0 Å². The quantitative estimate of drug-likeness (QED) is 0.579. The molecule has 1 aliphatic carbocycles. The van der Waals surface area contributed by atoms with Crippen molar-refractivity contribution in [2.45, 2.75) is 31.7 Å². The van der Waals surface area contributed by atoms with Crippen molar-refractivity contribution in [3.63, 3.8) is 0 Å². The number of rotatable bonds is 2. The minimum absolute atomic E-state index is 0.128. The lowest BCUT2D eigenvalue weighted by Gasteiger charge is -2.25.